The topological polar surface area (TPSA) is 76.1 Å². The van der Waals surface area contributed by atoms with Crippen LogP contribution < -0.4 is 15.4 Å². The van der Waals surface area contributed by atoms with E-state index in [1.165, 1.54) is 11.9 Å². The summed E-state index contributed by atoms with van der Waals surface area (Å²) in [6.45, 7) is 4.62. The summed E-state index contributed by atoms with van der Waals surface area (Å²) in [7, 11) is 1.57. The number of ether oxygens (including phenoxy) is 1. The standard InChI is InChI=1S/C21H22N4O2/c1-14-5-4-6-16(9-14)12-22-20-11-18(23-13-24-20)21(26)25-17-10-15(2)7-8-19(17)27-3/h4-11,13H,12H2,1-3H3,(H,25,26)(H,22,23,24). The lowest BCUT2D eigenvalue weighted by molar-refractivity contribution is 0.102. The van der Waals surface area contributed by atoms with Crippen LogP contribution in [0.25, 0.3) is 0 Å². The van der Waals surface area contributed by atoms with E-state index in [4.69, 9.17) is 4.74 Å². The third-order valence-electron chi connectivity index (χ3n) is 4.06. The van der Waals surface area contributed by atoms with E-state index in [-0.39, 0.29) is 11.6 Å². The van der Waals surface area contributed by atoms with E-state index in [2.05, 4.69) is 39.7 Å². The highest BCUT2D eigenvalue weighted by atomic mass is 16.5. The van der Waals surface area contributed by atoms with Gasteiger partial charge in [0, 0.05) is 12.6 Å². The van der Waals surface area contributed by atoms with Gasteiger partial charge in [0.05, 0.1) is 12.8 Å². The SMILES string of the molecule is COc1ccc(C)cc1NC(=O)c1cc(NCc2cccc(C)c2)ncn1. The third kappa shape index (κ3) is 4.82. The van der Waals surface area contributed by atoms with Crippen LogP contribution in [0.1, 0.15) is 27.2 Å². The fourth-order valence-electron chi connectivity index (χ4n) is 2.70. The van der Waals surface area contributed by atoms with Crippen LogP contribution in [0.4, 0.5) is 11.5 Å². The number of nitrogens with one attached hydrogen (secondary N) is 2. The van der Waals surface area contributed by atoms with Crippen molar-refractivity contribution in [1.82, 2.24) is 9.97 Å². The first kappa shape index (κ1) is 18.4. The fourth-order valence-corrected chi connectivity index (χ4v) is 2.70. The number of carbonyl (C=O) groups excluding carboxylic acids is 1. The monoisotopic (exact) mass is 362 g/mol. The van der Waals surface area contributed by atoms with Crippen LogP contribution in [-0.4, -0.2) is 23.0 Å². The largest absolute Gasteiger partial charge is 0.495 e. The molecule has 0 spiro atoms. The number of rotatable bonds is 6. The lowest BCUT2D eigenvalue weighted by Crippen LogP contribution is -2.15. The summed E-state index contributed by atoms with van der Waals surface area (Å²) in [5.74, 6) is 0.869. The van der Waals surface area contributed by atoms with E-state index in [0.717, 1.165) is 11.1 Å². The second kappa shape index (κ2) is 8.31. The van der Waals surface area contributed by atoms with Gasteiger partial charge in [-0.05, 0) is 37.1 Å². The maximum absolute atomic E-state index is 12.6. The minimum Gasteiger partial charge on any atom is -0.495 e. The minimum absolute atomic E-state index is 0.278. The van der Waals surface area contributed by atoms with Crippen molar-refractivity contribution >= 4 is 17.4 Å². The van der Waals surface area contributed by atoms with Crippen LogP contribution in [0, 0.1) is 13.8 Å². The molecule has 0 aliphatic rings. The molecule has 1 aromatic heterocycles. The van der Waals surface area contributed by atoms with Gasteiger partial charge in [-0.2, -0.15) is 0 Å². The van der Waals surface area contributed by atoms with Gasteiger partial charge in [-0.3, -0.25) is 4.79 Å². The Kier molecular flexibility index (Phi) is 5.66. The molecule has 0 unspecified atom stereocenters. The zero-order valence-corrected chi connectivity index (χ0v) is 15.6. The molecule has 6 heteroatoms. The first-order chi connectivity index (χ1) is 13.0. The summed E-state index contributed by atoms with van der Waals surface area (Å²) < 4.78 is 5.30. The summed E-state index contributed by atoms with van der Waals surface area (Å²) in [6, 6.07) is 15.4. The minimum atomic E-state index is -0.320. The number of anilines is 2. The molecule has 0 aliphatic carbocycles. The van der Waals surface area contributed by atoms with Crippen molar-refractivity contribution in [2.45, 2.75) is 20.4 Å². The Balaban J connectivity index is 1.71. The average Bonchev–Trinajstić information content (AvgIpc) is 2.67. The van der Waals surface area contributed by atoms with E-state index in [1.807, 2.05) is 37.3 Å². The number of carbonyl (C=O) groups is 1. The number of amides is 1. The molecule has 0 radical (unpaired) electrons. The first-order valence-electron chi connectivity index (χ1n) is 8.62. The molecule has 0 saturated carbocycles. The number of nitrogens with zero attached hydrogens (tertiary/aromatic N) is 2. The maximum atomic E-state index is 12.6. The predicted molar refractivity (Wildman–Crippen MR) is 106 cm³/mol. The molecule has 6 nitrogen and oxygen atoms in total. The molecule has 27 heavy (non-hydrogen) atoms. The highest BCUT2D eigenvalue weighted by Gasteiger charge is 2.12. The predicted octanol–water partition coefficient (Wildman–Crippen LogP) is 3.97. The van der Waals surface area contributed by atoms with Crippen LogP contribution in [0.5, 0.6) is 5.75 Å². The summed E-state index contributed by atoms with van der Waals surface area (Å²) in [4.78, 5) is 20.8. The molecule has 3 aromatic rings. The molecule has 2 N–H and O–H groups in total. The second-order valence-electron chi connectivity index (χ2n) is 6.29. The van der Waals surface area contributed by atoms with E-state index >= 15 is 0 Å². The molecule has 0 atom stereocenters. The molecular formula is C21H22N4O2. The molecule has 3 rings (SSSR count). The molecule has 2 aromatic carbocycles. The van der Waals surface area contributed by atoms with Crippen LogP contribution in [0.15, 0.2) is 54.9 Å². The number of hydrogen-bond acceptors (Lipinski definition) is 5. The lowest BCUT2D eigenvalue weighted by Gasteiger charge is -2.11. The van der Waals surface area contributed by atoms with E-state index in [0.29, 0.717) is 23.8 Å². The van der Waals surface area contributed by atoms with Crippen molar-refractivity contribution in [3.63, 3.8) is 0 Å². The summed E-state index contributed by atoms with van der Waals surface area (Å²) in [6.07, 6.45) is 1.38. The molecule has 0 fully saturated rings. The number of aryl methyl sites for hydroxylation is 2. The molecule has 0 aliphatic heterocycles. The number of methoxy groups -OCH3 is 1. The van der Waals surface area contributed by atoms with Gasteiger partial charge in [0.25, 0.3) is 5.91 Å². The van der Waals surface area contributed by atoms with E-state index in [9.17, 15) is 4.79 Å². The van der Waals surface area contributed by atoms with E-state index < -0.39 is 0 Å². The van der Waals surface area contributed by atoms with Gasteiger partial charge in [-0.25, -0.2) is 9.97 Å². The smallest absolute Gasteiger partial charge is 0.274 e. The maximum Gasteiger partial charge on any atom is 0.274 e. The number of hydrogen-bond donors (Lipinski definition) is 2. The second-order valence-corrected chi connectivity index (χ2v) is 6.29. The summed E-state index contributed by atoms with van der Waals surface area (Å²) >= 11 is 0. The molecule has 0 bridgehead atoms. The van der Waals surface area contributed by atoms with Gasteiger partial charge in [-0.15, -0.1) is 0 Å². The average molecular weight is 362 g/mol. The quantitative estimate of drug-likeness (QED) is 0.694. The van der Waals surface area contributed by atoms with Crippen LogP contribution in [0.2, 0.25) is 0 Å². The molecule has 138 valence electrons. The van der Waals surface area contributed by atoms with Gasteiger partial charge in [0.2, 0.25) is 0 Å². The van der Waals surface area contributed by atoms with Crippen molar-refractivity contribution in [2.75, 3.05) is 17.7 Å². The van der Waals surface area contributed by atoms with Crippen LogP contribution in [-0.2, 0) is 6.54 Å². The molecular weight excluding hydrogens is 340 g/mol. The Bertz CT molecular complexity index is 956. The molecule has 0 saturated heterocycles. The lowest BCUT2D eigenvalue weighted by atomic mass is 10.1. The van der Waals surface area contributed by atoms with Gasteiger partial charge in [-0.1, -0.05) is 35.9 Å². The van der Waals surface area contributed by atoms with E-state index in [1.54, 1.807) is 13.2 Å². The van der Waals surface area contributed by atoms with Crippen LogP contribution in [0.3, 0.4) is 0 Å². The van der Waals surface area contributed by atoms with Crippen molar-refractivity contribution in [3.8, 4) is 5.75 Å². The Morgan fingerprint density at radius 3 is 2.63 bits per heavy atom. The Morgan fingerprint density at radius 2 is 1.85 bits per heavy atom. The normalized spacial score (nSPS) is 10.3. The zero-order valence-electron chi connectivity index (χ0n) is 15.6. The highest BCUT2D eigenvalue weighted by Crippen LogP contribution is 2.25. The van der Waals surface area contributed by atoms with Crippen molar-refractivity contribution in [3.05, 3.63) is 77.2 Å². The summed E-state index contributed by atoms with van der Waals surface area (Å²) in [5.41, 5.74) is 4.25. The molecule has 1 amide bonds. The third-order valence-corrected chi connectivity index (χ3v) is 4.06. The zero-order chi connectivity index (χ0) is 19.2. The highest BCUT2D eigenvalue weighted by molar-refractivity contribution is 6.04. The van der Waals surface area contributed by atoms with Gasteiger partial charge < -0.3 is 15.4 Å². The van der Waals surface area contributed by atoms with Crippen molar-refractivity contribution < 1.29 is 9.53 Å². The first-order valence-corrected chi connectivity index (χ1v) is 8.62. The number of benzene rings is 2. The Hall–Kier alpha value is -3.41. The van der Waals surface area contributed by atoms with Crippen molar-refractivity contribution in [1.29, 1.82) is 0 Å². The van der Waals surface area contributed by atoms with Gasteiger partial charge >= 0.3 is 0 Å². The Labute approximate surface area is 158 Å². The van der Waals surface area contributed by atoms with Crippen LogP contribution >= 0.6 is 0 Å². The Morgan fingerprint density at radius 1 is 1.04 bits per heavy atom. The number of aromatic nitrogens is 2. The van der Waals surface area contributed by atoms with Gasteiger partial charge in [0.15, 0.2) is 0 Å². The fraction of sp³-hybridized carbons (Fsp3) is 0.190. The molecule has 1 heterocycles. The van der Waals surface area contributed by atoms with Crippen molar-refractivity contribution in [2.24, 2.45) is 0 Å². The summed E-state index contributed by atoms with van der Waals surface area (Å²) in [5, 5.41) is 6.07. The van der Waals surface area contributed by atoms with Gasteiger partial charge in [0.1, 0.15) is 23.6 Å².